The van der Waals surface area contributed by atoms with Crippen LogP contribution < -0.4 is 10.6 Å². The molecule has 2 fully saturated rings. The maximum Gasteiger partial charge on any atom is 0.0392 e. The van der Waals surface area contributed by atoms with Gasteiger partial charge in [0.05, 0.1) is 0 Å². The van der Waals surface area contributed by atoms with E-state index >= 15 is 0 Å². The van der Waals surface area contributed by atoms with Gasteiger partial charge in [0.2, 0.25) is 0 Å². The van der Waals surface area contributed by atoms with E-state index in [0.29, 0.717) is 11.6 Å². The molecule has 0 aliphatic heterocycles. The van der Waals surface area contributed by atoms with E-state index in [1.165, 1.54) is 219 Å². The fourth-order valence-electron chi connectivity index (χ4n) is 9.04. The van der Waals surface area contributed by atoms with Crippen molar-refractivity contribution in [1.29, 1.82) is 0 Å². The van der Waals surface area contributed by atoms with E-state index in [1.54, 1.807) is 0 Å². The standard InChI is InChI=1S/C41H82N2/c1-4-7-10-13-16-18-21-29-36-42-40(35-26-20-15-12-9-6-3)41(39-33-27-28-34-39,38-31-24-23-25-32-38)43-37-30-22-19-17-14-11-8-5-2/h38-40,42-43H,4-37H2,1-3H3. The molecule has 0 saturated heterocycles. The lowest BCUT2D eigenvalue weighted by atomic mass is 9.62. The SMILES string of the molecule is CCCCCCCCCCNC(CCCCCCCC)C(NCCCCCCCCCC)(C1CCCCC1)C1CCCC1. The molecule has 2 rings (SSSR count). The van der Waals surface area contributed by atoms with Crippen LogP contribution in [0.2, 0.25) is 0 Å². The highest BCUT2D eigenvalue weighted by atomic mass is 15.1. The summed E-state index contributed by atoms with van der Waals surface area (Å²) in [7, 11) is 0. The molecular weight excluding hydrogens is 520 g/mol. The molecule has 0 aromatic carbocycles. The number of nitrogens with one attached hydrogen (secondary N) is 2. The van der Waals surface area contributed by atoms with Crippen molar-refractivity contribution < 1.29 is 0 Å². The molecule has 0 heterocycles. The molecule has 0 aromatic rings. The van der Waals surface area contributed by atoms with Gasteiger partial charge in [-0.15, -0.1) is 0 Å². The minimum absolute atomic E-state index is 0.335. The van der Waals surface area contributed by atoms with Gasteiger partial charge in [0, 0.05) is 11.6 Å². The van der Waals surface area contributed by atoms with E-state index in [4.69, 9.17) is 0 Å². The topological polar surface area (TPSA) is 24.1 Å². The molecule has 0 spiro atoms. The molecule has 43 heavy (non-hydrogen) atoms. The Morgan fingerprint density at radius 3 is 1.28 bits per heavy atom. The molecule has 0 bridgehead atoms. The number of hydrogen-bond acceptors (Lipinski definition) is 2. The van der Waals surface area contributed by atoms with Crippen molar-refractivity contribution in [3.63, 3.8) is 0 Å². The third-order valence-corrected chi connectivity index (χ3v) is 11.6. The van der Waals surface area contributed by atoms with Crippen LogP contribution in [0.1, 0.15) is 226 Å². The lowest BCUT2D eigenvalue weighted by Crippen LogP contribution is -2.68. The van der Waals surface area contributed by atoms with Crippen molar-refractivity contribution in [2.24, 2.45) is 11.8 Å². The number of hydrogen-bond donors (Lipinski definition) is 2. The molecule has 2 aliphatic carbocycles. The van der Waals surface area contributed by atoms with Gasteiger partial charge in [0.25, 0.3) is 0 Å². The van der Waals surface area contributed by atoms with Gasteiger partial charge in [0.1, 0.15) is 0 Å². The van der Waals surface area contributed by atoms with Gasteiger partial charge >= 0.3 is 0 Å². The van der Waals surface area contributed by atoms with Gasteiger partial charge in [-0.1, -0.05) is 181 Å². The maximum absolute atomic E-state index is 4.54. The van der Waals surface area contributed by atoms with Crippen LogP contribution in [0.4, 0.5) is 0 Å². The zero-order valence-electron chi connectivity index (χ0n) is 30.3. The first-order valence-corrected chi connectivity index (χ1v) is 20.8. The Bertz CT molecular complexity index is 578. The van der Waals surface area contributed by atoms with E-state index in [-0.39, 0.29) is 0 Å². The summed E-state index contributed by atoms with van der Waals surface area (Å²) in [6, 6.07) is 0.670. The first-order valence-electron chi connectivity index (χ1n) is 20.8. The Labute approximate surface area is 272 Å². The molecule has 2 saturated carbocycles. The Morgan fingerprint density at radius 1 is 0.442 bits per heavy atom. The lowest BCUT2D eigenvalue weighted by molar-refractivity contribution is 0.0477. The van der Waals surface area contributed by atoms with E-state index < -0.39 is 0 Å². The average Bonchev–Trinajstić information content (AvgIpc) is 3.58. The number of unbranched alkanes of at least 4 members (excludes halogenated alkanes) is 19. The largest absolute Gasteiger partial charge is 0.312 e. The smallest absolute Gasteiger partial charge is 0.0392 e. The van der Waals surface area contributed by atoms with Gasteiger partial charge in [0.15, 0.2) is 0 Å². The van der Waals surface area contributed by atoms with Gasteiger partial charge in [-0.2, -0.15) is 0 Å². The van der Waals surface area contributed by atoms with Crippen molar-refractivity contribution in [3.8, 4) is 0 Å². The van der Waals surface area contributed by atoms with Crippen LogP contribution in [0.3, 0.4) is 0 Å². The minimum atomic E-state index is 0.335. The Hall–Kier alpha value is -0.0800. The summed E-state index contributed by atoms with van der Waals surface area (Å²) in [6.07, 6.45) is 46.1. The predicted octanol–water partition coefficient (Wildman–Crippen LogP) is 13.1. The second-order valence-corrected chi connectivity index (χ2v) is 15.2. The summed E-state index contributed by atoms with van der Waals surface area (Å²) in [5.41, 5.74) is 0.335. The van der Waals surface area contributed by atoms with Crippen molar-refractivity contribution in [2.45, 2.75) is 238 Å². The monoisotopic (exact) mass is 603 g/mol. The zero-order chi connectivity index (χ0) is 30.7. The Balaban J connectivity index is 2.06. The normalized spacial score (nSPS) is 18.8. The van der Waals surface area contributed by atoms with Gasteiger partial charge in [-0.05, 0) is 69.9 Å². The molecule has 0 radical (unpaired) electrons. The van der Waals surface area contributed by atoms with E-state index in [2.05, 4.69) is 31.4 Å². The zero-order valence-corrected chi connectivity index (χ0v) is 30.3. The summed E-state index contributed by atoms with van der Waals surface area (Å²) >= 11 is 0. The highest BCUT2D eigenvalue weighted by Gasteiger charge is 2.50. The second-order valence-electron chi connectivity index (χ2n) is 15.2. The fourth-order valence-corrected chi connectivity index (χ4v) is 9.04. The van der Waals surface area contributed by atoms with Crippen molar-refractivity contribution in [1.82, 2.24) is 10.6 Å². The van der Waals surface area contributed by atoms with Crippen LogP contribution in [0.5, 0.6) is 0 Å². The first-order chi connectivity index (χ1) is 21.3. The van der Waals surface area contributed by atoms with Crippen LogP contribution in [-0.2, 0) is 0 Å². The van der Waals surface area contributed by atoms with Crippen LogP contribution in [0.25, 0.3) is 0 Å². The molecule has 2 heteroatoms. The summed E-state index contributed by atoms with van der Waals surface area (Å²) in [6.45, 7) is 9.52. The predicted molar refractivity (Wildman–Crippen MR) is 194 cm³/mol. The fraction of sp³-hybridized carbons (Fsp3) is 1.00. The maximum atomic E-state index is 4.54. The molecule has 2 nitrogen and oxygen atoms in total. The van der Waals surface area contributed by atoms with E-state index in [1.807, 2.05) is 0 Å². The molecule has 256 valence electrons. The van der Waals surface area contributed by atoms with Crippen LogP contribution in [0.15, 0.2) is 0 Å². The highest BCUT2D eigenvalue weighted by Crippen LogP contribution is 2.47. The van der Waals surface area contributed by atoms with Gasteiger partial charge in [-0.3, -0.25) is 0 Å². The summed E-state index contributed by atoms with van der Waals surface area (Å²) in [5.74, 6) is 1.77. The highest BCUT2D eigenvalue weighted by molar-refractivity contribution is 5.09. The molecule has 0 amide bonds. The van der Waals surface area contributed by atoms with Crippen molar-refractivity contribution in [2.75, 3.05) is 13.1 Å². The minimum Gasteiger partial charge on any atom is -0.312 e. The molecule has 2 aliphatic rings. The molecular formula is C41H82N2. The molecule has 0 aromatic heterocycles. The third kappa shape index (κ3) is 16.4. The molecule has 2 unspecified atom stereocenters. The Morgan fingerprint density at radius 2 is 0.814 bits per heavy atom. The third-order valence-electron chi connectivity index (χ3n) is 11.6. The number of rotatable bonds is 30. The second kappa shape index (κ2) is 27.1. The lowest BCUT2D eigenvalue weighted by Gasteiger charge is -2.53. The van der Waals surface area contributed by atoms with Crippen LogP contribution in [-0.4, -0.2) is 24.7 Å². The summed E-state index contributed by atoms with van der Waals surface area (Å²) in [5, 5.41) is 8.90. The quantitative estimate of drug-likeness (QED) is 0.0799. The Kier molecular flexibility index (Phi) is 24.6. The first kappa shape index (κ1) is 39.1. The van der Waals surface area contributed by atoms with E-state index in [9.17, 15) is 0 Å². The van der Waals surface area contributed by atoms with Gasteiger partial charge in [-0.25, -0.2) is 0 Å². The average molecular weight is 603 g/mol. The van der Waals surface area contributed by atoms with Crippen LogP contribution >= 0.6 is 0 Å². The van der Waals surface area contributed by atoms with Crippen molar-refractivity contribution in [3.05, 3.63) is 0 Å². The molecule has 2 N–H and O–H groups in total. The van der Waals surface area contributed by atoms with Gasteiger partial charge < -0.3 is 10.6 Å². The van der Waals surface area contributed by atoms with Crippen LogP contribution in [0, 0.1) is 11.8 Å². The molecule has 2 atom stereocenters. The van der Waals surface area contributed by atoms with Crippen molar-refractivity contribution >= 4 is 0 Å². The summed E-state index contributed by atoms with van der Waals surface area (Å²) in [4.78, 5) is 0. The summed E-state index contributed by atoms with van der Waals surface area (Å²) < 4.78 is 0. The van der Waals surface area contributed by atoms with E-state index in [0.717, 1.165) is 11.8 Å².